The first-order valence-corrected chi connectivity index (χ1v) is 10.6. The number of aliphatic carboxylic acids is 1. The molecule has 0 aliphatic carbocycles. The smallest absolute Gasteiger partial charge is 0.328 e. The van der Waals surface area contributed by atoms with Gasteiger partial charge in [0.05, 0.1) is 0 Å². The summed E-state index contributed by atoms with van der Waals surface area (Å²) in [5.74, 6) is -1.18. The standard InChI is InChI=1S/C22H41NO3/c1-4-5-6-7-8-9-10-11-12-13-14-15-16-17-18-19-20(24)23-22(2,3)21(25)26/h11-12H,4-10,13-19H2,1-3H3,(H,23,24)(H,25,26)/b12-11-. The third-order valence-electron chi connectivity index (χ3n) is 4.65. The van der Waals surface area contributed by atoms with Gasteiger partial charge in [-0.25, -0.2) is 4.79 Å². The van der Waals surface area contributed by atoms with Crippen molar-refractivity contribution in [2.75, 3.05) is 0 Å². The van der Waals surface area contributed by atoms with Crippen LogP contribution in [-0.4, -0.2) is 22.5 Å². The highest BCUT2D eigenvalue weighted by molar-refractivity contribution is 5.86. The molecule has 1 amide bonds. The first-order chi connectivity index (χ1) is 12.4. The van der Waals surface area contributed by atoms with Crippen LogP contribution >= 0.6 is 0 Å². The van der Waals surface area contributed by atoms with Gasteiger partial charge in [-0.05, 0) is 46.0 Å². The molecule has 0 heterocycles. The van der Waals surface area contributed by atoms with Gasteiger partial charge in [-0.3, -0.25) is 4.79 Å². The van der Waals surface area contributed by atoms with E-state index in [-0.39, 0.29) is 5.91 Å². The van der Waals surface area contributed by atoms with Crippen molar-refractivity contribution in [3.05, 3.63) is 12.2 Å². The number of rotatable bonds is 17. The third-order valence-corrected chi connectivity index (χ3v) is 4.65. The van der Waals surface area contributed by atoms with Crippen molar-refractivity contribution in [2.45, 2.75) is 116 Å². The van der Waals surface area contributed by atoms with Crippen molar-refractivity contribution < 1.29 is 14.7 Å². The molecule has 0 fully saturated rings. The topological polar surface area (TPSA) is 66.4 Å². The highest BCUT2D eigenvalue weighted by Gasteiger charge is 2.28. The van der Waals surface area contributed by atoms with E-state index in [1.165, 1.54) is 71.6 Å². The second-order valence-electron chi connectivity index (χ2n) is 7.81. The largest absolute Gasteiger partial charge is 0.480 e. The maximum Gasteiger partial charge on any atom is 0.328 e. The molecule has 0 bridgehead atoms. The number of hydrogen-bond acceptors (Lipinski definition) is 2. The van der Waals surface area contributed by atoms with Gasteiger partial charge in [0.1, 0.15) is 5.54 Å². The highest BCUT2D eigenvalue weighted by atomic mass is 16.4. The molecule has 4 nitrogen and oxygen atoms in total. The molecule has 0 unspecified atom stereocenters. The van der Waals surface area contributed by atoms with Crippen LogP contribution in [-0.2, 0) is 9.59 Å². The Morgan fingerprint density at radius 2 is 1.27 bits per heavy atom. The fourth-order valence-electron chi connectivity index (χ4n) is 2.82. The molecule has 0 radical (unpaired) electrons. The summed E-state index contributed by atoms with van der Waals surface area (Å²) in [6.45, 7) is 5.27. The molecule has 2 N–H and O–H groups in total. The van der Waals surface area contributed by atoms with Gasteiger partial charge >= 0.3 is 5.97 Å². The number of carbonyl (C=O) groups excluding carboxylic acids is 1. The maximum atomic E-state index is 11.7. The molecule has 0 aromatic carbocycles. The Morgan fingerprint density at radius 3 is 1.77 bits per heavy atom. The molecule has 0 spiro atoms. The number of unbranched alkanes of at least 4 members (excludes halogenated alkanes) is 11. The lowest BCUT2D eigenvalue weighted by molar-refractivity contribution is -0.146. The zero-order valence-corrected chi connectivity index (χ0v) is 17.3. The van der Waals surface area contributed by atoms with Crippen molar-refractivity contribution in [1.29, 1.82) is 0 Å². The van der Waals surface area contributed by atoms with Crippen molar-refractivity contribution in [3.8, 4) is 0 Å². The van der Waals surface area contributed by atoms with E-state index in [9.17, 15) is 9.59 Å². The lowest BCUT2D eigenvalue weighted by Gasteiger charge is -2.20. The van der Waals surface area contributed by atoms with Crippen LogP contribution in [0.1, 0.15) is 111 Å². The van der Waals surface area contributed by atoms with E-state index in [0.29, 0.717) is 6.42 Å². The number of nitrogens with one attached hydrogen (secondary N) is 1. The van der Waals surface area contributed by atoms with E-state index in [4.69, 9.17) is 5.11 Å². The fourth-order valence-corrected chi connectivity index (χ4v) is 2.82. The molecule has 0 aliphatic heterocycles. The number of carboxylic acids is 1. The van der Waals surface area contributed by atoms with E-state index >= 15 is 0 Å². The average Bonchev–Trinajstić information content (AvgIpc) is 2.57. The average molecular weight is 368 g/mol. The molecular weight excluding hydrogens is 326 g/mol. The molecule has 0 aromatic rings. The monoisotopic (exact) mass is 367 g/mol. The van der Waals surface area contributed by atoms with Gasteiger partial charge < -0.3 is 10.4 Å². The van der Waals surface area contributed by atoms with Crippen LogP contribution in [0, 0.1) is 0 Å². The number of amides is 1. The summed E-state index contributed by atoms with van der Waals surface area (Å²) in [6, 6.07) is 0. The number of hydrogen-bond donors (Lipinski definition) is 2. The summed E-state index contributed by atoms with van der Waals surface area (Å²) in [5, 5.41) is 11.5. The van der Waals surface area contributed by atoms with Crippen LogP contribution in [0.3, 0.4) is 0 Å². The van der Waals surface area contributed by atoms with Crippen LogP contribution in [0.2, 0.25) is 0 Å². The van der Waals surface area contributed by atoms with Crippen LogP contribution < -0.4 is 5.32 Å². The van der Waals surface area contributed by atoms with E-state index < -0.39 is 11.5 Å². The lowest BCUT2D eigenvalue weighted by atomic mass is 10.0. The van der Waals surface area contributed by atoms with Crippen molar-refractivity contribution >= 4 is 11.9 Å². The molecule has 4 heteroatoms. The molecule has 0 rings (SSSR count). The zero-order chi connectivity index (χ0) is 19.7. The molecule has 0 aromatic heterocycles. The number of carboxylic acid groups (broad SMARTS) is 1. The van der Waals surface area contributed by atoms with Gasteiger partial charge in [0.2, 0.25) is 5.91 Å². The van der Waals surface area contributed by atoms with Gasteiger partial charge in [-0.15, -0.1) is 0 Å². The van der Waals surface area contributed by atoms with Crippen LogP contribution in [0.4, 0.5) is 0 Å². The van der Waals surface area contributed by atoms with E-state index in [0.717, 1.165) is 25.7 Å². The number of carbonyl (C=O) groups is 2. The van der Waals surface area contributed by atoms with Gasteiger partial charge in [-0.1, -0.05) is 70.4 Å². The summed E-state index contributed by atoms with van der Waals surface area (Å²) in [6.07, 6.45) is 21.0. The molecule has 152 valence electrons. The molecule has 0 atom stereocenters. The van der Waals surface area contributed by atoms with Gasteiger partial charge in [0.25, 0.3) is 0 Å². The second kappa shape index (κ2) is 15.9. The van der Waals surface area contributed by atoms with Gasteiger partial charge in [0.15, 0.2) is 0 Å². The summed E-state index contributed by atoms with van der Waals surface area (Å²) in [5.41, 5.74) is -1.18. The van der Waals surface area contributed by atoms with Crippen molar-refractivity contribution in [1.82, 2.24) is 5.32 Å². The predicted molar refractivity (Wildman–Crippen MR) is 109 cm³/mol. The normalized spacial score (nSPS) is 11.8. The Balaban J connectivity index is 3.39. The second-order valence-corrected chi connectivity index (χ2v) is 7.81. The first-order valence-electron chi connectivity index (χ1n) is 10.6. The Kier molecular flexibility index (Phi) is 15.1. The Labute approximate surface area is 160 Å². The summed E-state index contributed by atoms with van der Waals surface area (Å²) in [7, 11) is 0. The minimum atomic E-state index is -1.18. The van der Waals surface area contributed by atoms with Crippen molar-refractivity contribution in [3.63, 3.8) is 0 Å². The SMILES string of the molecule is CCCCCCCC/C=C\CCCCCCCC(=O)NC(C)(C)C(=O)O. The molecule has 0 saturated heterocycles. The van der Waals surface area contributed by atoms with Gasteiger partial charge in [0, 0.05) is 6.42 Å². The lowest BCUT2D eigenvalue weighted by Crippen LogP contribution is -2.49. The molecule has 26 heavy (non-hydrogen) atoms. The third kappa shape index (κ3) is 15.0. The minimum Gasteiger partial charge on any atom is -0.480 e. The van der Waals surface area contributed by atoms with Gasteiger partial charge in [-0.2, -0.15) is 0 Å². The fraction of sp³-hybridized carbons (Fsp3) is 0.818. The summed E-state index contributed by atoms with van der Waals surface area (Å²) in [4.78, 5) is 22.7. The molecule has 0 aliphatic rings. The Bertz CT molecular complexity index is 402. The zero-order valence-electron chi connectivity index (χ0n) is 17.3. The first kappa shape index (κ1) is 24.7. The van der Waals surface area contributed by atoms with Crippen LogP contribution in [0.5, 0.6) is 0 Å². The molecule has 0 saturated carbocycles. The Hall–Kier alpha value is -1.32. The molecular formula is C22H41NO3. The van der Waals surface area contributed by atoms with Crippen LogP contribution in [0.25, 0.3) is 0 Å². The predicted octanol–water partition coefficient (Wildman–Crippen LogP) is 6.00. The summed E-state index contributed by atoms with van der Waals surface area (Å²) >= 11 is 0. The summed E-state index contributed by atoms with van der Waals surface area (Å²) < 4.78 is 0. The number of allylic oxidation sites excluding steroid dienone is 2. The van der Waals surface area contributed by atoms with Crippen molar-refractivity contribution in [2.24, 2.45) is 0 Å². The quantitative estimate of drug-likeness (QED) is 0.245. The van der Waals surface area contributed by atoms with Crippen LogP contribution in [0.15, 0.2) is 12.2 Å². The van der Waals surface area contributed by atoms with E-state index in [2.05, 4.69) is 24.4 Å². The minimum absolute atomic E-state index is 0.171. The maximum absolute atomic E-state index is 11.7. The Morgan fingerprint density at radius 1 is 0.808 bits per heavy atom. The van der Waals surface area contributed by atoms with E-state index in [1.54, 1.807) is 0 Å². The van der Waals surface area contributed by atoms with E-state index in [1.807, 2.05) is 0 Å². The highest BCUT2D eigenvalue weighted by Crippen LogP contribution is 2.10.